The number of amides is 1. The zero-order valence-electron chi connectivity index (χ0n) is 16.3. The molecule has 2 unspecified atom stereocenters. The minimum absolute atomic E-state index is 0.144. The lowest BCUT2D eigenvalue weighted by molar-refractivity contribution is -0.141. The molecule has 5 rings (SSSR count). The van der Waals surface area contributed by atoms with Gasteiger partial charge in [-0.15, -0.1) is 0 Å². The first kappa shape index (κ1) is 19.9. The van der Waals surface area contributed by atoms with Crippen molar-refractivity contribution in [2.75, 3.05) is 19.6 Å². The Labute approximate surface area is 175 Å². The van der Waals surface area contributed by atoms with Gasteiger partial charge in [0.1, 0.15) is 11.9 Å². The Kier molecular flexibility index (Phi) is 4.89. The maximum atomic E-state index is 12.7. The Morgan fingerprint density at radius 1 is 1.19 bits per heavy atom. The van der Waals surface area contributed by atoms with E-state index in [9.17, 15) is 18.0 Å². The molecule has 5 heterocycles. The first-order chi connectivity index (χ1) is 14.9. The number of aromatic nitrogens is 3. The summed E-state index contributed by atoms with van der Waals surface area (Å²) in [4.78, 5) is 20.1. The van der Waals surface area contributed by atoms with Gasteiger partial charge in [0.05, 0.1) is 5.92 Å². The molecule has 0 spiro atoms. The normalized spacial score (nSPS) is 24.7. The monoisotopic (exact) mass is 435 g/mol. The van der Waals surface area contributed by atoms with Crippen LogP contribution in [0.2, 0.25) is 0 Å². The molecule has 1 amide bonds. The van der Waals surface area contributed by atoms with E-state index in [4.69, 9.17) is 4.52 Å². The Bertz CT molecular complexity index is 999. The number of nitrogens with zero attached hydrogens (tertiary/aromatic N) is 4. The minimum Gasteiger partial charge on any atom is -0.338 e. The van der Waals surface area contributed by atoms with Gasteiger partial charge < -0.3 is 15.2 Å². The van der Waals surface area contributed by atoms with Crippen molar-refractivity contribution in [3.8, 4) is 11.4 Å². The topological polar surface area (TPSA) is 108 Å². The third-order valence-electron chi connectivity index (χ3n) is 5.82. The molecule has 2 saturated heterocycles. The van der Waals surface area contributed by atoms with Crippen LogP contribution in [-0.4, -0.2) is 51.8 Å². The average Bonchev–Trinajstić information content (AvgIpc) is 3.40. The number of fused-ring (bicyclic) bond motifs is 1. The van der Waals surface area contributed by atoms with Crippen LogP contribution < -0.4 is 16.1 Å². The molecular formula is C19H20F3N7O2. The number of piperidine rings is 1. The van der Waals surface area contributed by atoms with Gasteiger partial charge in [0.2, 0.25) is 17.6 Å². The number of allylic oxidation sites excluding steroid dienone is 1. The number of nitrogens with one attached hydrogen (secondary N) is 3. The molecule has 3 N–H and O–H groups in total. The van der Waals surface area contributed by atoms with Crippen LogP contribution in [-0.2, 0) is 11.0 Å². The predicted octanol–water partition coefficient (Wildman–Crippen LogP) is 1.39. The molecule has 164 valence electrons. The van der Waals surface area contributed by atoms with Crippen molar-refractivity contribution in [2.24, 2.45) is 5.92 Å². The quantitative estimate of drug-likeness (QED) is 0.664. The fourth-order valence-electron chi connectivity index (χ4n) is 4.25. The highest BCUT2D eigenvalue weighted by atomic mass is 19.4. The standard InChI is InChI=1S/C19H20F3N7O2/c20-19(21,22)14-2-1-11(8-24-14)16-27-18(31-28-16)12-9-25-29-13(7-15(30)26-17(12)29)10-3-5-23-6-4-10/h1-2,7-8,10,12,17,23,25H,3-6,9H2,(H,26,30). The van der Waals surface area contributed by atoms with Gasteiger partial charge in [0.15, 0.2) is 0 Å². The number of hydrogen-bond donors (Lipinski definition) is 3. The number of hydrazine groups is 1. The van der Waals surface area contributed by atoms with Gasteiger partial charge in [0, 0.05) is 36.0 Å². The van der Waals surface area contributed by atoms with Crippen LogP contribution in [0.1, 0.15) is 30.3 Å². The van der Waals surface area contributed by atoms with E-state index >= 15 is 0 Å². The van der Waals surface area contributed by atoms with E-state index in [1.165, 1.54) is 6.07 Å². The molecule has 0 radical (unpaired) electrons. The largest absolute Gasteiger partial charge is 0.433 e. The number of pyridine rings is 1. The van der Waals surface area contributed by atoms with Crippen LogP contribution in [0, 0.1) is 5.92 Å². The van der Waals surface area contributed by atoms with Crippen molar-refractivity contribution in [1.29, 1.82) is 0 Å². The lowest BCUT2D eigenvalue weighted by Crippen LogP contribution is -2.53. The molecule has 2 fully saturated rings. The molecule has 0 saturated carbocycles. The smallest absolute Gasteiger partial charge is 0.338 e. The highest BCUT2D eigenvalue weighted by Crippen LogP contribution is 2.35. The molecule has 2 aromatic heterocycles. The number of hydrogen-bond acceptors (Lipinski definition) is 8. The minimum atomic E-state index is -4.52. The van der Waals surface area contributed by atoms with Crippen LogP contribution in [0.4, 0.5) is 13.2 Å². The Hall–Kier alpha value is -2.99. The number of carbonyl (C=O) groups is 1. The molecular weight excluding hydrogens is 415 g/mol. The molecule has 9 nitrogen and oxygen atoms in total. The lowest BCUT2D eigenvalue weighted by Gasteiger charge is -2.38. The van der Waals surface area contributed by atoms with Crippen LogP contribution in [0.5, 0.6) is 0 Å². The maximum absolute atomic E-state index is 12.7. The Morgan fingerprint density at radius 3 is 2.71 bits per heavy atom. The molecule has 3 aliphatic heterocycles. The van der Waals surface area contributed by atoms with Crippen molar-refractivity contribution < 1.29 is 22.5 Å². The molecule has 2 aromatic rings. The zero-order chi connectivity index (χ0) is 21.6. The second kappa shape index (κ2) is 7.61. The van der Waals surface area contributed by atoms with Gasteiger partial charge in [-0.05, 0) is 38.1 Å². The number of alkyl halides is 3. The SMILES string of the molecule is O=C1C=C(C2CCNCC2)N2NCC(c3nc(-c4ccc(C(F)(F)F)nc4)no3)C2N1. The van der Waals surface area contributed by atoms with E-state index in [1.807, 2.05) is 5.01 Å². The van der Waals surface area contributed by atoms with E-state index in [0.29, 0.717) is 18.0 Å². The van der Waals surface area contributed by atoms with E-state index < -0.39 is 11.9 Å². The lowest BCUT2D eigenvalue weighted by atomic mass is 9.92. The number of rotatable bonds is 3. The Balaban J connectivity index is 1.36. The van der Waals surface area contributed by atoms with E-state index in [-0.39, 0.29) is 29.7 Å². The van der Waals surface area contributed by atoms with E-state index in [2.05, 4.69) is 31.2 Å². The number of carbonyl (C=O) groups excluding carboxylic acids is 1. The van der Waals surface area contributed by atoms with Crippen LogP contribution in [0.25, 0.3) is 11.4 Å². The van der Waals surface area contributed by atoms with E-state index in [0.717, 1.165) is 43.9 Å². The third kappa shape index (κ3) is 3.76. The maximum Gasteiger partial charge on any atom is 0.433 e. The fraction of sp³-hybridized carbons (Fsp3) is 0.474. The van der Waals surface area contributed by atoms with Crippen molar-refractivity contribution >= 4 is 5.91 Å². The summed E-state index contributed by atoms with van der Waals surface area (Å²) in [6.45, 7) is 2.28. The fourth-order valence-corrected chi connectivity index (χ4v) is 4.25. The summed E-state index contributed by atoms with van der Waals surface area (Å²) in [5, 5.41) is 12.1. The van der Waals surface area contributed by atoms with Gasteiger partial charge in [0.25, 0.3) is 0 Å². The van der Waals surface area contributed by atoms with Crippen molar-refractivity contribution in [2.45, 2.75) is 31.1 Å². The summed E-state index contributed by atoms with van der Waals surface area (Å²) in [6.07, 6.45) is -0.313. The van der Waals surface area contributed by atoms with Crippen LogP contribution in [0.3, 0.4) is 0 Å². The molecule has 0 bridgehead atoms. The number of halogens is 3. The molecule has 3 aliphatic rings. The van der Waals surface area contributed by atoms with Crippen molar-refractivity contribution in [3.63, 3.8) is 0 Å². The van der Waals surface area contributed by atoms with Gasteiger partial charge >= 0.3 is 6.18 Å². The molecule has 2 atom stereocenters. The summed E-state index contributed by atoms with van der Waals surface area (Å²) < 4.78 is 43.6. The van der Waals surface area contributed by atoms with Gasteiger partial charge in [-0.2, -0.15) is 18.2 Å². The van der Waals surface area contributed by atoms with Gasteiger partial charge in [-0.3, -0.25) is 14.8 Å². The summed E-state index contributed by atoms with van der Waals surface area (Å²) in [5.74, 6) is 0.235. The van der Waals surface area contributed by atoms with Gasteiger partial charge in [-0.25, -0.2) is 5.43 Å². The highest BCUT2D eigenvalue weighted by Gasteiger charge is 2.44. The first-order valence-corrected chi connectivity index (χ1v) is 10.0. The summed E-state index contributed by atoms with van der Waals surface area (Å²) >= 11 is 0. The first-order valence-electron chi connectivity index (χ1n) is 10.0. The summed E-state index contributed by atoms with van der Waals surface area (Å²) in [7, 11) is 0. The zero-order valence-corrected chi connectivity index (χ0v) is 16.3. The summed E-state index contributed by atoms with van der Waals surface area (Å²) in [6, 6.07) is 2.13. The molecule has 31 heavy (non-hydrogen) atoms. The predicted molar refractivity (Wildman–Crippen MR) is 101 cm³/mol. The average molecular weight is 435 g/mol. The van der Waals surface area contributed by atoms with Crippen molar-refractivity contribution in [3.05, 3.63) is 41.7 Å². The second-order valence-electron chi connectivity index (χ2n) is 7.77. The third-order valence-corrected chi connectivity index (χ3v) is 5.82. The highest BCUT2D eigenvalue weighted by molar-refractivity contribution is 5.89. The Morgan fingerprint density at radius 2 is 2.00 bits per heavy atom. The van der Waals surface area contributed by atoms with Crippen LogP contribution in [0.15, 0.2) is 34.6 Å². The summed E-state index contributed by atoms with van der Waals surface area (Å²) in [5.41, 5.74) is 3.59. The van der Waals surface area contributed by atoms with E-state index in [1.54, 1.807) is 6.08 Å². The molecule has 12 heteroatoms. The molecule has 0 aliphatic carbocycles. The van der Waals surface area contributed by atoms with Gasteiger partial charge in [-0.1, -0.05) is 5.16 Å². The molecule has 0 aromatic carbocycles. The van der Waals surface area contributed by atoms with Crippen LogP contribution >= 0.6 is 0 Å². The second-order valence-corrected chi connectivity index (χ2v) is 7.77. The van der Waals surface area contributed by atoms with Crippen molar-refractivity contribution in [1.82, 2.24) is 36.2 Å².